The van der Waals surface area contributed by atoms with Crippen molar-refractivity contribution >= 4 is 11.9 Å². The summed E-state index contributed by atoms with van der Waals surface area (Å²) >= 11 is 0. The molecule has 1 spiro atoms. The molecule has 1 unspecified atom stereocenters. The van der Waals surface area contributed by atoms with Crippen LogP contribution in [0.1, 0.15) is 37.0 Å². The maximum atomic E-state index is 13.1. The summed E-state index contributed by atoms with van der Waals surface area (Å²) in [6.07, 6.45) is 1.97. The van der Waals surface area contributed by atoms with Crippen molar-refractivity contribution in [2.45, 2.75) is 38.3 Å². The molecular weight excluding hydrogens is 324 g/mol. The van der Waals surface area contributed by atoms with E-state index in [0.29, 0.717) is 36.6 Å². The Morgan fingerprint density at radius 3 is 3.00 bits per heavy atom. The molecule has 2 aliphatic rings. The summed E-state index contributed by atoms with van der Waals surface area (Å²) in [5, 5.41) is 6.71. The van der Waals surface area contributed by atoms with Crippen molar-refractivity contribution in [2.24, 2.45) is 0 Å². The normalized spacial score (nSPS) is 22.0. The van der Waals surface area contributed by atoms with Crippen molar-refractivity contribution in [1.82, 2.24) is 20.4 Å². The van der Waals surface area contributed by atoms with Crippen molar-refractivity contribution in [3.8, 4) is 5.75 Å². The van der Waals surface area contributed by atoms with Gasteiger partial charge in [0.1, 0.15) is 12.3 Å². The molecule has 0 radical (unpaired) electrons. The molecule has 1 N–H and O–H groups in total. The third kappa shape index (κ3) is 2.45. The number of nitrogens with one attached hydrogen (secondary N) is 1. The molecule has 8 nitrogen and oxygen atoms in total. The predicted molar refractivity (Wildman–Crippen MR) is 85.6 cm³/mol. The molecule has 0 aliphatic carbocycles. The molecule has 1 aromatic carbocycles. The number of nitrogens with zero attached hydrogens (tertiary/aromatic N) is 3. The van der Waals surface area contributed by atoms with E-state index in [4.69, 9.17) is 9.26 Å². The third-order valence-electron chi connectivity index (χ3n) is 4.53. The van der Waals surface area contributed by atoms with Crippen LogP contribution in [0.15, 0.2) is 28.8 Å². The molecule has 0 saturated carbocycles. The molecule has 4 rings (SSSR count). The van der Waals surface area contributed by atoms with Gasteiger partial charge in [-0.05, 0) is 12.5 Å². The highest BCUT2D eigenvalue weighted by atomic mass is 16.5. The fourth-order valence-electron chi connectivity index (χ4n) is 3.33. The zero-order chi connectivity index (χ0) is 17.4. The Morgan fingerprint density at radius 2 is 2.16 bits per heavy atom. The van der Waals surface area contributed by atoms with E-state index in [2.05, 4.69) is 15.5 Å². The van der Waals surface area contributed by atoms with Gasteiger partial charge in [0, 0.05) is 18.4 Å². The summed E-state index contributed by atoms with van der Waals surface area (Å²) in [6, 6.07) is 6.81. The lowest BCUT2D eigenvalue weighted by Crippen LogP contribution is -2.47. The summed E-state index contributed by atoms with van der Waals surface area (Å²) < 4.78 is 10.8. The minimum absolute atomic E-state index is 0.0356. The molecule has 3 heterocycles. The summed E-state index contributed by atoms with van der Waals surface area (Å²) in [5.74, 6) is 1.13. The number of fused-ring (bicyclic) bond motifs is 2. The van der Waals surface area contributed by atoms with E-state index in [1.54, 1.807) is 6.07 Å². The first-order valence-electron chi connectivity index (χ1n) is 8.32. The largest absolute Gasteiger partial charge is 0.493 e. The van der Waals surface area contributed by atoms with Crippen molar-refractivity contribution in [1.29, 1.82) is 0 Å². The monoisotopic (exact) mass is 342 g/mol. The maximum Gasteiger partial charge on any atom is 0.325 e. The number of aryl methyl sites for hydroxylation is 1. The number of rotatable bonds is 4. The smallest absolute Gasteiger partial charge is 0.325 e. The van der Waals surface area contributed by atoms with Gasteiger partial charge < -0.3 is 14.6 Å². The van der Waals surface area contributed by atoms with Crippen LogP contribution in [-0.2, 0) is 23.3 Å². The van der Waals surface area contributed by atoms with Crippen molar-refractivity contribution in [2.75, 3.05) is 6.61 Å². The second kappa shape index (κ2) is 5.87. The highest BCUT2D eigenvalue weighted by Crippen LogP contribution is 2.41. The number of hydrogen-bond acceptors (Lipinski definition) is 6. The highest BCUT2D eigenvalue weighted by Gasteiger charge is 2.55. The molecule has 8 heteroatoms. The van der Waals surface area contributed by atoms with Crippen molar-refractivity contribution in [3.63, 3.8) is 0 Å². The van der Waals surface area contributed by atoms with Crippen LogP contribution in [0.2, 0.25) is 0 Å². The van der Waals surface area contributed by atoms with Crippen LogP contribution >= 0.6 is 0 Å². The Bertz CT molecular complexity index is 834. The standard InChI is InChI=1S/C17H18N4O4/c1-2-5-13-18-14(25-20-13)10-21-15(22)17(19-16(21)23)8-9-24-12-7-4-3-6-11(12)17/h3-4,6-7H,2,5,8-10H2,1H3,(H,19,23). The van der Waals surface area contributed by atoms with E-state index in [1.807, 2.05) is 25.1 Å². The van der Waals surface area contributed by atoms with E-state index >= 15 is 0 Å². The number of carbonyl (C=O) groups is 2. The van der Waals surface area contributed by atoms with Crippen molar-refractivity contribution < 1.29 is 18.8 Å². The maximum absolute atomic E-state index is 13.1. The first-order valence-corrected chi connectivity index (χ1v) is 8.32. The minimum atomic E-state index is -1.09. The number of imide groups is 1. The fourth-order valence-corrected chi connectivity index (χ4v) is 3.33. The molecule has 130 valence electrons. The van der Waals surface area contributed by atoms with Gasteiger partial charge in [0.25, 0.3) is 5.91 Å². The Hall–Kier alpha value is -2.90. The van der Waals surface area contributed by atoms with Gasteiger partial charge in [0.2, 0.25) is 5.89 Å². The van der Waals surface area contributed by atoms with Gasteiger partial charge in [-0.1, -0.05) is 30.3 Å². The van der Waals surface area contributed by atoms with Gasteiger partial charge in [-0.15, -0.1) is 0 Å². The second-order valence-electron chi connectivity index (χ2n) is 6.18. The average Bonchev–Trinajstić information content (AvgIpc) is 3.15. The summed E-state index contributed by atoms with van der Waals surface area (Å²) in [5.41, 5.74) is -0.405. The Labute approximate surface area is 144 Å². The minimum Gasteiger partial charge on any atom is -0.493 e. The first kappa shape index (κ1) is 15.6. The number of ether oxygens (including phenoxy) is 1. The average molecular weight is 342 g/mol. The van der Waals surface area contributed by atoms with E-state index in [9.17, 15) is 9.59 Å². The Balaban J connectivity index is 1.62. The second-order valence-corrected chi connectivity index (χ2v) is 6.18. The van der Waals surface area contributed by atoms with Gasteiger partial charge in [-0.3, -0.25) is 9.69 Å². The van der Waals surface area contributed by atoms with Gasteiger partial charge in [-0.25, -0.2) is 4.79 Å². The van der Waals surface area contributed by atoms with Crippen LogP contribution in [0.5, 0.6) is 5.75 Å². The topological polar surface area (TPSA) is 97.6 Å². The van der Waals surface area contributed by atoms with E-state index in [-0.39, 0.29) is 18.3 Å². The van der Waals surface area contributed by atoms with Gasteiger partial charge >= 0.3 is 6.03 Å². The van der Waals surface area contributed by atoms with Crippen LogP contribution in [0, 0.1) is 0 Å². The summed E-state index contributed by atoms with van der Waals surface area (Å²) in [7, 11) is 0. The van der Waals surface area contributed by atoms with Crippen molar-refractivity contribution in [3.05, 3.63) is 41.5 Å². The lowest BCUT2D eigenvalue weighted by Gasteiger charge is -2.33. The number of carbonyl (C=O) groups excluding carboxylic acids is 2. The van der Waals surface area contributed by atoms with Gasteiger partial charge in [0.05, 0.1) is 6.61 Å². The van der Waals surface area contributed by atoms with E-state index < -0.39 is 11.6 Å². The van der Waals surface area contributed by atoms with Crippen LogP contribution in [0.3, 0.4) is 0 Å². The Morgan fingerprint density at radius 1 is 1.32 bits per heavy atom. The zero-order valence-corrected chi connectivity index (χ0v) is 13.8. The number of aromatic nitrogens is 2. The molecule has 1 saturated heterocycles. The lowest BCUT2D eigenvalue weighted by molar-refractivity contribution is -0.133. The van der Waals surface area contributed by atoms with E-state index in [0.717, 1.165) is 11.3 Å². The summed E-state index contributed by atoms with van der Waals surface area (Å²) in [4.78, 5) is 30.9. The molecular formula is C17H18N4O4. The molecule has 2 aliphatic heterocycles. The number of para-hydroxylation sites is 1. The third-order valence-corrected chi connectivity index (χ3v) is 4.53. The Kier molecular flexibility index (Phi) is 3.67. The van der Waals surface area contributed by atoms with Crippen LogP contribution in [0.4, 0.5) is 4.79 Å². The first-order chi connectivity index (χ1) is 12.1. The van der Waals surface area contributed by atoms with Crippen LogP contribution in [-0.4, -0.2) is 33.6 Å². The number of benzene rings is 1. The summed E-state index contributed by atoms with van der Waals surface area (Å²) in [6.45, 7) is 2.34. The number of urea groups is 1. The van der Waals surface area contributed by atoms with Gasteiger partial charge in [0.15, 0.2) is 11.4 Å². The lowest BCUT2D eigenvalue weighted by atomic mass is 9.84. The number of hydrogen-bond donors (Lipinski definition) is 1. The molecule has 0 bridgehead atoms. The van der Waals surface area contributed by atoms with Crippen LogP contribution in [0.25, 0.3) is 0 Å². The predicted octanol–water partition coefficient (Wildman–Crippen LogP) is 1.75. The van der Waals surface area contributed by atoms with Gasteiger partial charge in [-0.2, -0.15) is 4.98 Å². The molecule has 3 amide bonds. The van der Waals surface area contributed by atoms with E-state index in [1.165, 1.54) is 0 Å². The SMILES string of the molecule is CCCc1noc(CN2C(=O)NC3(CCOc4ccccc43)C2=O)n1. The molecule has 1 fully saturated rings. The molecule has 25 heavy (non-hydrogen) atoms. The number of amides is 3. The zero-order valence-electron chi connectivity index (χ0n) is 13.8. The fraction of sp³-hybridized carbons (Fsp3) is 0.412. The highest BCUT2D eigenvalue weighted by molar-refractivity contribution is 6.07. The molecule has 1 aromatic heterocycles. The molecule has 1 atom stereocenters. The van der Waals surface area contributed by atoms with Crippen LogP contribution < -0.4 is 10.1 Å². The quantitative estimate of drug-likeness (QED) is 0.850. The molecule has 2 aromatic rings.